The van der Waals surface area contributed by atoms with Gasteiger partial charge in [0, 0.05) is 19.0 Å². The molecule has 2 aromatic heterocycles. The van der Waals surface area contributed by atoms with Crippen LogP contribution in [0.15, 0.2) is 85.2 Å². The molecule has 5 atom stereocenters. The summed E-state index contributed by atoms with van der Waals surface area (Å²) in [5, 5.41) is 5.34. The van der Waals surface area contributed by atoms with E-state index < -0.39 is 36.0 Å². The van der Waals surface area contributed by atoms with Crippen molar-refractivity contribution >= 4 is 24.0 Å². The third-order valence-electron chi connectivity index (χ3n) is 12.6. The first-order chi connectivity index (χ1) is 31.6. The van der Waals surface area contributed by atoms with Gasteiger partial charge in [-0.05, 0) is 83.9 Å². The van der Waals surface area contributed by atoms with Crippen LogP contribution in [0.25, 0.3) is 22.5 Å². The van der Waals surface area contributed by atoms with Crippen LogP contribution in [-0.4, -0.2) is 93.1 Å². The van der Waals surface area contributed by atoms with Crippen molar-refractivity contribution < 1.29 is 41.8 Å². The summed E-state index contributed by atoms with van der Waals surface area (Å²) >= 11 is 0. The van der Waals surface area contributed by atoms with E-state index in [2.05, 4.69) is 30.6 Å². The number of aromatic amines is 2. The van der Waals surface area contributed by atoms with Crippen molar-refractivity contribution in [1.29, 1.82) is 0 Å². The van der Waals surface area contributed by atoms with Crippen LogP contribution in [0.3, 0.4) is 0 Å². The molecule has 5 aromatic rings. The van der Waals surface area contributed by atoms with Gasteiger partial charge >= 0.3 is 18.4 Å². The summed E-state index contributed by atoms with van der Waals surface area (Å²) in [6.07, 6.45) is 1.16. The molecule has 2 aliphatic heterocycles. The second kappa shape index (κ2) is 20.3. The molecule has 0 aliphatic carbocycles. The summed E-state index contributed by atoms with van der Waals surface area (Å²) in [6, 6.07) is 19.0. The summed E-state index contributed by atoms with van der Waals surface area (Å²) in [7, 11) is 2.52. The standard InChI is InChI=1S/C49H57F3N8O6/c1-28(2)41(57-47(63)65-5)45(61)59-23-7-9-39(59)43-53-26-37(55-43)33-13-11-30(12-14-33)25-36(32-19-21-35(22-20-32)49(50,51)52)31-15-17-34(18-16-31)38-27-54-44(56-38)40-10-8-24-60(40)46(62)42(29(3)4)58-48(64)66-6/h11-22,26-29,36,39-42H,7-10,23-25H2,1-6H3,(H,53,55)(H,54,56)(H,57,63)(H,58,64). The lowest BCUT2D eigenvalue weighted by atomic mass is 9.85. The number of rotatable bonds is 14. The number of H-pyrrole nitrogens is 2. The SMILES string of the molecule is COC(=O)NC(C(=O)N1CCCC1c1ncc(-c2ccc(CC(c3ccc(-c4cnc(C5CCCN5C(=O)C(NC(=O)OC)C(C)C)[nH]4)cc3)c3ccc(C(F)(F)F)cc3)cc2)[nH]1)C(C)C. The highest BCUT2D eigenvalue weighted by Gasteiger charge is 2.39. The highest BCUT2D eigenvalue weighted by molar-refractivity contribution is 5.87. The number of hydrogen-bond acceptors (Lipinski definition) is 8. The zero-order valence-electron chi connectivity index (χ0n) is 37.9. The predicted molar refractivity (Wildman–Crippen MR) is 241 cm³/mol. The molecule has 0 radical (unpaired) electrons. The van der Waals surface area contributed by atoms with Crippen LogP contribution in [0.5, 0.6) is 0 Å². The minimum atomic E-state index is -4.47. The van der Waals surface area contributed by atoms with Crippen LogP contribution >= 0.6 is 0 Å². The molecular formula is C49H57F3N8O6. The zero-order valence-corrected chi connectivity index (χ0v) is 37.9. The molecule has 350 valence electrons. The third kappa shape index (κ3) is 10.6. The van der Waals surface area contributed by atoms with Gasteiger partial charge in [-0.15, -0.1) is 0 Å². The number of likely N-dealkylation sites (tertiary alicyclic amines) is 2. The number of aromatic nitrogens is 4. The molecule has 14 nitrogen and oxygen atoms in total. The quantitative estimate of drug-likeness (QED) is 0.0855. The second-order valence-electron chi connectivity index (χ2n) is 17.7. The third-order valence-corrected chi connectivity index (χ3v) is 12.6. The number of ether oxygens (including phenoxy) is 2. The van der Waals surface area contributed by atoms with Gasteiger partial charge in [-0.2, -0.15) is 13.2 Å². The zero-order chi connectivity index (χ0) is 47.3. The molecule has 66 heavy (non-hydrogen) atoms. The monoisotopic (exact) mass is 910 g/mol. The molecule has 7 rings (SSSR count). The maximum absolute atomic E-state index is 13.7. The maximum atomic E-state index is 13.7. The van der Waals surface area contributed by atoms with Gasteiger partial charge < -0.3 is 39.9 Å². The molecule has 4 N–H and O–H groups in total. The maximum Gasteiger partial charge on any atom is 0.416 e. The van der Waals surface area contributed by atoms with Gasteiger partial charge in [-0.3, -0.25) is 9.59 Å². The van der Waals surface area contributed by atoms with E-state index in [9.17, 15) is 32.3 Å². The Labute approximate surface area is 382 Å². The number of carbonyl (C=O) groups is 4. The number of alkyl halides is 3. The molecule has 2 fully saturated rings. The summed E-state index contributed by atoms with van der Waals surface area (Å²) in [6.45, 7) is 8.53. The number of nitrogens with one attached hydrogen (secondary N) is 4. The smallest absolute Gasteiger partial charge is 0.416 e. The summed E-state index contributed by atoms with van der Waals surface area (Å²) < 4.78 is 50.4. The number of imidazole rings is 2. The number of methoxy groups -OCH3 is 2. The van der Waals surface area contributed by atoms with Gasteiger partial charge in [0.15, 0.2) is 0 Å². The van der Waals surface area contributed by atoms with Gasteiger partial charge in [-0.1, -0.05) is 88.4 Å². The Morgan fingerprint density at radius 1 is 0.667 bits per heavy atom. The first-order valence-electron chi connectivity index (χ1n) is 22.3. The average Bonchev–Trinajstić information content (AvgIpc) is 4.16. The first kappa shape index (κ1) is 47.3. The number of benzene rings is 3. The largest absolute Gasteiger partial charge is 0.453 e. The molecule has 17 heteroatoms. The topological polar surface area (TPSA) is 175 Å². The van der Waals surface area contributed by atoms with Gasteiger partial charge in [-0.25, -0.2) is 19.6 Å². The number of alkyl carbamates (subject to hydrolysis) is 2. The average molecular weight is 911 g/mol. The van der Waals surface area contributed by atoms with Crippen LogP contribution in [-0.2, 0) is 31.7 Å². The molecule has 0 spiro atoms. The van der Waals surface area contributed by atoms with Crippen LogP contribution < -0.4 is 10.6 Å². The van der Waals surface area contributed by atoms with E-state index in [0.29, 0.717) is 37.6 Å². The number of nitrogens with zero attached hydrogens (tertiary/aromatic N) is 4. The van der Waals surface area contributed by atoms with Crippen LogP contribution in [0.4, 0.5) is 22.8 Å². The Bertz CT molecular complexity index is 2470. The van der Waals surface area contributed by atoms with E-state index in [1.807, 2.05) is 76.2 Å². The summed E-state index contributed by atoms with van der Waals surface area (Å²) in [5.41, 5.74) is 5.11. The first-order valence-corrected chi connectivity index (χ1v) is 22.3. The van der Waals surface area contributed by atoms with E-state index in [4.69, 9.17) is 9.47 Å². The normalized spacial score (nSPS) is 17.7. The minimum absolute atomic E-state index is 0.157. The highest BCUT2D eigenvalue weighted by atomic mass is 19.4. The fraction of sp³-hybridized carbons (Fsp3) is 0.429. The van der Waals surface area contributed by atoms with E-state index in [1.54, 1.807) is 22.2 Å². The summed E-state index contributed by atoms with van der Waals surface area (Å²) in [4.78, 5) is 71.0. The second-order valence-corrected chi connectivity index (χ2v) is 17.7. The van der Waals surface area contributed by atoms with E-state index in [0.717, 1.165) is 70.6 Å². The van der Waals surface area contributed by atoms with E-state index in [-0.39, 0.29) is 41.7 Å². The van der Waals surface area contributed by atoms with Crippen molar-refractivity contribution in [2.24, 2.45) is 11.8 Å². The molecule has 0 bridgehead atoms. The fourth-order valence-electron chi connectivity index (χ4n) is 8.97. The van der Waals surface area contributed by atoms with Gasteiger partial charge in [0.25, 0.3) is 0 Å². The molecule has 2 aliphatic rings. The number of amides is 4. The van der Waals surface area contributed by atoms with Crippen molar-refractivity contribution in [2.45, 2.75) is 96.1 Å². The van der Waals surface area contributed by atoms with Crippen molar-refractivity contribution in [3.63, 3.8) is 0 Å². The molecule has 4 heterocycles. The molecule has 0 saturated carbocycles. The fourth-order valence-corrected chi connectivity index (χ4v) is 8.97. The van der Waals surface area contributed by atoms with Gasteiger partial charge in [0.2, 0.25) is 11.8 Å². The van der Waals surface area contributed by atoms with Gasteiger partial charge in [0.1, 0.15) is 23.7 Å². The predicted octanol–water partition coefficient (Wildman–Crippen LogP) is 8.95. The van der Waals surface area contributed by atoms with Crippen LogP contribution in [0.2, 0.25) is 0 Å². The summed E-state index contributed by atoms with van der Waals surface area (Å²) in [5.74, 6) is 0.286. The Balaban J connectivity index is 1.08. The van der Waals surface area contributed by atoms with Crippen molar-refractivity contribution in [1.82, 2.24) is 40.4 Å². The number of carbonyl (C=O) groups excluding carboxylic acids is 4. The Morgan fingerprint density at radius 3 is 1.47 bits per heavy atom. The van der Waals surface area contributed by atoms with Crippen LogP contribution in [0, 0.1) is 11.8 Å². The van der Waals surface area contributed by atoms with E-state index >= 15 is 0 Å². The van der Waals surface area contributed by atoms with Crippen molar-refractivity contribution in [3.8, 4) is 22.5 Å². The minimum Gasteiger partial charge on any atom is -0.453 e. The molecule has 3 aromatic carbocycles. The van der Waals surface area contributed by atoms with Gasteiger partial charge in [0.05, 0.1) is 55.6 Å². The molecular weight excluding hydrogens is 854 g/mol. The molecule has 2 saturated heterocycles. The highest BCUT2D eigenvalue weighted by Crippen LogP contribution is 2.37. The lowest BCUT2D eigenvalue weighted by Crippen LogP contribution is -2.51. The Hall–Kier alpha value is -6.65. The Morgan fingerprint density at radius 2 is 1.08 bits per heavy atom. The number of hydrogen-bond donors (Lipinski definition) is 4. The lowest BCUT2D eigenvalue weighted by Gasteiger charge is -2.30. The molecule has 4 amide bonds. The number of halogens is 3. The van der Waals surface area contributed by atoms with Crippen LogP contribution in [0.1, 0.15) is 105 Å². The molecule has 5 unspecified atom stereocenters. The van der Waals surface area contributed by atoms with E-state index in [1.165, 1.54) is 26.4 Å². The lowest BCUT2D eigenvalue weighted by molar-refractivity contribution is -0.138. The Kier molecular flexibility index (Phi) is 14.5. The van der Waals surface area contributed by atoms with Crippen molar-refractivity contribution in [3.05, 3.63) is 119 Å². The van der Waals surface area contributed by atoms with Crippen molar-refractivity contribution in [2.75, 3.05) is 27.3 Å².